The summed E-state index contributed by atoms with van der Waals surface area (Å²) in [5.41, 5.74) is 0.221. The van der Waals surface area contributed by atoms with Crippen LogP contribution < -0.4 is 0 Å². The number of carbonyl (C=O) groups excluding carboxylic acids is 1. The number of carboxylic acids is 1. The van der Waals surface area contributed by atoms with Crippen LogP contribution >= 0.6 is 11.8 Å². The third-order valence-electron chi connectivity index (χ3n) is 4.87. The van der Waals surface area contributed by atoms with Gasteiger partial charge >= 0.3 is 5.97 Å². The minimum absolute atomic E-state index is 0.0527. The molecule has 1 aromatic rings. The maximum absolute atomic E-state index is 12.8. The molecule has 0 radical (unpaired) electrons. The number of carbonyl (C=O) groups is 2. The summed E-state index contributed by atoms with van der Waals surface area (Å²) in [5.74, 6) is -0.427. The molecule has 2 unspecified atom stereocenters. The largest absolute Gasteiger partial charge is 0.481 e. The highest BCUT2D eigenvalue weighted by molar-refractivity contribution is 7.99. The summed E-state index contributed by atoms with van der Waals surface area (Å²) in [4.78, 5) is 37.1. The van der Waals surface area contributed by atoms with Crippen LogP contribution in [0.1, 0.15) is 44.0 Å². The third-order valence-corrected chi connectivity index (χ3v) is 5.96. The summed E-state index contributed by atoms with van der Waals surface area (Å²) < 4.78 is 0. The van der Waals surface area contributed by atoms with Gasteiger partial charge in [0, 0.05) is 24.7 Å². The minimum atomic E-state index is -0.840. The van der Waals surface area contributed by atoms with E-state index in [1.54, 1.807) is 17.0 Å². The summed E-state index contributed by atoms with van der Waals surface area (Å²) in [6.45, 7) is 6.71. The molecule has 1 aromatic carbocycles. The molecule has 0 aromatic heterocycles. The van der Waals surface area contributed by atoms with E-state index in [-0.39, 0.29) is 23.1 Å². The van der Waals surface area contributed by atoms with Gasteiger partial charge in [0.1, 0.15) is 0 Å². The van der Waals surface area contributed by atoms with Gasteiger partial charge in [0.25, 0.3) is 11.6 Å². The Morgan fingerprint density at radius 2 is 2.11 bits per heavy atom. The number of likely N-dealkylation sites (tertiary alicyclic amines) is 1. The zero-order chi connectivity index (χ0) is 20.1. The van der Waals surface area contributed by atoms with Crippen LogP contribution in [0.3, 0.4) is 0 Å². The molecule has 8 heteroatoms. The molecular formula is C19H26N2O5S. The summed E-state index contributed by atoms with van der Waals surface area (Å²) in [7, 11) is 0. The van der Waals surface area contributed by atoms with E-state index in [0.29, 0.717) is 30.3 Å². The van der Waals surface area contributed by atoms with Gasteiger partial charge in [0.15, 0.2) is 0 Å². The molecule has 1 fully saturated rings. The van der Waals surface area contributed by atoms with E-state index in [1.807, 2.05) is 6.92 Å². The van der Waals surface area contributed by atoms with E-state index < -0.39 is 16.8 Å². The van der Waals surface area contributed by atoms with E-state index >= 15 is 0 Å². The Morgan fingerprint density at radius 1 is 1.41 bits per heavy atom. The number of benzene rings is 1. The van der Waals surface area contributed by atoms with Crippen molar-refractivity contribution >= 4 is 29.3 Å². The van der Waals surface area contributed by atoms with Gasteiger partial charge in [0.05, 0.1) is 15.7 Å². The van der Waals surface area contributed by atoms with Crippen LogP contribution in [0.2, 0.25) is 0 Å². The molecule has 7 nitrogen and oxygen atoms in total. The van der Waals surface area contributed by atoms with Gasteiger partial charge < -0.3 is 10.0 Å². The molecule has 1 aliphatic rings. The summed E-state index contributed by atoms with van der Waals surface area (Å²) in [5, 5.41) is 20.6. The maximum Gasteiger partial charge on any atom is 0.306 e. The van der Waals surface area contributed by atoms with E-state index in [4.69, 9.17) is 0 Å². The lowest BCUT2D eigenvalue weighted by atomic mass is 9.87. The monoisotopic (exact) mass is 394 g/mol. The highest BCUT2D eigenvalue weighted by Gasteiger charge is 2.33. The molecule has 1 amide bonds. The van der Waals surface area contributed by atoms with Gasteiger partial charge in [-0.15, -0.1) is 11.8 Å². The molecule has 2 atom stereocenters. The quantitative estimate of drug-likeness (QED) is 0.427. The number of carboxylic acid groups (broad SMARTS) is 1. The number of nitro groups is 1. The van der Waals surface area contributed by atoms with Crippen molar-refractivity contribution in [2.45, 2.75) is 38.5 Å². The Morgan fingerprint density at radius 3 is 2.67 bits per heavy atom. The lowest BCUT2D eigenvalue weighted by Crippen LogP contribution is -2.45. The first-order valence-corrected chi connectivity index (χ1v) is 10.1. The molecule has 0 saturated carbocycles. The lowest BCUT2D eigenvalue weighted by Gasteiger charge is -2.35. The number of thioether (sulfide) groups is 1. The van der Waals surface area contributed by atoms with Gasteiger partial charge in [-0.25, -0.2) is 0 Å². The van der Waals surface area contributed by atoms with Gasteiger partial charge in [-0.2, -0.15) is 0 Å². The smallest absolute Gasteiger partial charge is 0.306 e. The van der Waals surface area contributed by atoms with Crippen LogP contribution in [-0.2, 0) is 4.79 Å². The average molecular weight is 394 g/mol. The predicted octanol–water partition coefficient (Wildman–Crippen LogP) is 3.92. The zero-order valence-corrected chi connectivity index (χ0v) is 16.7. The van der Waals surface area contributed by atoms with Crippen molar-refractivity contribution < 1.29 is 19.6 Å². The Balaban J connectivity index is 2.13. The number of amides is 1. The number of piperidine rings is 1. The van der Waals surface area contributed by atoms with Gasteiger partial charge in [-0.1, -0.05) is 20.8 Å². The Labute approximate surface area is 163 Å². The van der Waals surface area contributed by atoms with Crippen molar-refractivity contribution in [3.05, 3.63) is 33.9 Å². The molecule has 148 valence electrons. The number of nitro benzene ring substituents is 1. The van der Waals surface area contributed by atoms with Crippen LogP contribution in [0.25, 0.3) is 0 Å². The number of hydrogen-bond donors (Lipinski definition) is 1. The molecule has 1 N–H and O–H groups in total. The summed E-state index contributed by atoms with van der Waals surface area (Å²) >= 11 is 1.43. The van der Waals surface area contributed by atoms with Crippen LogP contribution in [0, 0.1) is 27.9 Å². The van der Waals surface area contributed by atoms with Crippen LogP contribution in [0.4, 0.5) is 5.69 Å². The van der Waals surface area contributed by atoms with Crippen molar-refractivity contribution in [2.24, 2.45) is 17.8 Å². The second-order valence-electron chi connectivity index (χ2n) is 7.43. The number of hydrogen-bond acceptors (Lipinski definition) is 5. The third kappa shape index (κ3) is 5.45. The molecule has 27 heavy (non-hydrogen) atoms. The van der Waals surface area contributed by atoms with E-state index in [1.165, 1.54) is 17.8 Å². The Hall–Kier alpha value is -2.09. The van der Waals surface area contributed by atoms with Crippen LogP contribution in [0.15, 0.2) is 23.1 Å². The highest BCUT2D eigenvalue weighted by Crippen LogP contribution is 2.32. The molecule has 0 bridgehead atoms. The topological polar surface area (TPSA) is 101 Å². The minimum Gasteiger partial charge on any atom is -0.481 e. The van der Waals surface area contributed by atoms with Gasteiger partial charge in [-0.3, -0.25) is 19.7 Å². The lowest BCUT2D eigenvalue weighted by molar-refractivity contribution is -0.387. The zero-order valence-electron chi connectivity index (χ0n) is 15.9. The molecule has 0 spiro atoms. The maximum atomic E-state index is 12.8. The predicted molar refractivity (Wildman–Crippen MR) is 104 cm³/mol. The molecular weight excluding hydrogens is 368 g/mol. The SMILES string of the molecule is CC(C)CCSc1ccc(C(=O)N2CCC(C(=O)O)C(C)C2)cc1[N+](=O)[O-]. The fourth-order valence-corrected chi connectivity index (χ4v) is 4.45. The summed E-state index contributed by atoms with van der Waals surface area (Å²) in [6, 6.07) is 4.61. The molecule has 1 aliphatic heterocycles. The number of aliphatic carboxylic acids is 1. The Kier molecular flexibility index (Phi) is 7.24. The second-order valence-corrected chi connectivity index (χ2v) is 8.57. The molecule has 1 saturated heterocycles. The molecule has 2 rings (SSSR count). The van der Waals surface area contributed by atoms with Crippen molar-refractivity contribution in [1.29, 1.82) is 0 Å². The van der Waals surface area contributed by atoms with Crippen molar-refractivity contribution in [3.63, 3.8) is 0 Å². The fourth-order valence-electron chi connectivity index (χ4n) is 3.20. The standard InChI is InChI=1S/C19H26N2O5S/c1-12(2)7-9-27-17-5-4-14(10-16(17)21(25)26)18(22)20-8-6-15(19(23)24)13(3)11-20/h4-5,10,12-13,15H,6-9,11H2,1-3H3,(H,23,24). The second kappa shape index (κ2) is 9.21. The Bertz CT molecular complexity index is 722. The van der Waals surface area contributed by atoms with Gasteiger partial charge in [-0.05, 0) is 42.6 Å². The van der Waals surface area contributed by atoms with Gasteiger partial charge in [0.2, 0.25) is 0 Å². The van der Waals surface area contributed by atoms with E-state index in [0.717, 1.165) is 12.2 Å². The highest BCUT2D eigenvalue weighted by atomic mass is 32.2. The van der Waals surface area contributed by atoms with Crippen molar-refractivity contribution in [2.75, 3.05) is 18.8 Å². The first kappa shape index (κ1) is 21.2. The number of rotatable bonds is 7. The van der Waals surface area contributed by atoms with Crippen LogP contribution in [0.5, 0.6) is 0 Å². The van der Waals surface area contributed by atoms with Crippen molar-refractivity contribution in [1.82, 2.24) is 4.90 Å². The first-order chi connectivity index (χ1) is 12.7. The normalized spacial score (nSPS) is 19.9. The first-order valence-electron chi connectivity index (χ1n) is 9.14. The van der Waals surface area contributed by atoms with E-state index in [9.17, 15) is 24.8 Å². The average Bonchev–Trinajstić information content (AvgIpc) is 2.60. The van der Waals surface area contributed by atoms with Crippen LogP contribution in [-0.4, -0.2) is 45.6 Å². The van der Waals surface area contributed by atoms with E-state index in [2.05, 4.69) is 13.8 Å². The van der Waals surface area contributed by atoms with Crippen molar-refractivity contribution in [3.8, 4) is 0 Å². The molecule has 0 aliphatic carbocycles. The number of nitrogens with zero attached hydrogens (tertiary/aromatic N) is 2. The fraction of sp³-hybridized carbons (Fsp3) is 0.579. The molecule has 1 heterocycles. The summed E-state index contributed by atoms with van der Waals surface area (Å²) in [6.07, 6.45) is 1.35.